The number of aliphatic hydroxyl groups is 2. The minimum atomic E-state index is -0.477. The van der Waals surface area contributed by atoms with Crippen molar-refractivity contribution >= 4 is 0 Å². The fourth-order valence-corrected chi connectivity index (χ4v) is 2.60. The lowest BCUT2D eigenvalue weighted by atomic mass is 9.89. The van der Waals surface area contributed by atoms with Gasteiger partial charge in [-0.2, -0.15) is 0 Å². The van der Waals surface area contributed by atoms with Crippen LogP contribution in [0.5, 0.6) is 0 Å². The van der Waals surface area contributed by atoms with E-state index in [0.29, 0.717) is 25.7 Å². The molecule has 1 aliphatic carbocycles. The Labute approximate surface area is 117 Å². The second-order valence-corrected chi connectivity index (χ2v) is 6.62. The molecule has 0 heterocycles. The summed E-state index contributed by atoms with van der Waals surface area (Å²) in [7, 11) is 0. The molecular weight excluding hydrogens is 242 g/mol. The molecule has 0 aromatic carbocycles. The standard InChI is InChI=1S/C15H31NO3/c1-12-5-4-6-14(9-12)19-11-13(18)10-16-15(2,3)7-8-17/h12-14,16-18H,4-11H2,1-3H3. The van der Waals surface area contributed by atoms with Crippen molar-refractivity contribution in [2.45, 2.75) is 70.6 Å². The molecule has 4 heteroatoms. The zero-order chi connectivity index (χ0) is 14.3. The molecule has 1 aliphatic rings. The van der Waals surface area contributed by atoms with Gasteiger partial charge in [-0.3, -0.25) is 0 Å². The molecule has 1 fully saturated rings. The molecule has 4 nitrogen and oxygen atoms in total. The largest absolute Gasteiger partial charge is 0.396 e. The van der Waals surface area contributed by atoms with Crippen LogP contribution in [0.3, 0.4) is 0 Å². The lowest BCUT2D eigenvalue weighted by molar-refractivity contribution is -0.0322. The Balaban J connectivity index is 2.15. The molecule has 3 atom stereocenters. The maximum Gasteiger partial charge on any atom is 0.0898 e. The fraction of sp³-hybridized carbons (Fsp3) is 1.00. The average molecular weight is 273 g/mol. The van der Waals surface area contributed by atoms with Gasteiger partial charge >= 0.3 is 0 Å². The maximum atomic E-state index is 9.93. The molecule has 0 bridgehead atoms. The van der Waals surface area contributed by atoms with Gasteiger partial charge in [-0.1, -0.05) is 19.8 Å². The van der Waals surface area contributed by atoms with E-state index < -0.39 is 6.10 Å². The highest BCUT2D eigenvalue weighted by atomic mass is 16.5. The van der Waals surface area contributed by atoms with Crippen LogP contribution in [0.1, 0.15) is 52.9 Å². The van der Waals surface area contributed by atoms with Crippen LogP contribution in [0.25, 0.3) is 0 Å². The van der Waals surface area contributed by atoms with Gasteiger partial charge in [0.25, 0.3) is 0 Å². The second kappa shape index (κ2) is 8.20. The number of ether oxygens (including phenoxy) is 1. The van der Waals surface area contributed by atoms with Crippen molar-refractivity contribution in [2.75, 3.05) is 19.8 Å². The summed E-state index contributed by atoms with van der Waals surface area (Å²) in [5, 5.41) is 22.1. The molecule has 0 aromatic rings. The summed E-state index contributed by atoms with van der Waals surface area (Å²) in [5.41, 5.74) is -0.144. The molecular formula is C15H31NO3. The first-order chi connectivity index (χ1) is 8.93. The molecule has 0 amide bonds. The quantitative estimate of drug-likeness (QED) is 0.630. The summed E-state index contributed by atoms with van der Waals surface area (Å²) in [6.45, 7) is 7.39. The van der Waals surface area contributed by atoms with Crippen molar-refractivity contribution in [3.8, 4) is 0 Å². The number of nitrogens with one attached hydrogen (secondary N) is 1. The Bertz CT molecular complexity index is 246. The highest BCUT2D eigenvalue weighted by molar-refractivity contribution is 4.78. The Morgan fingerprint density at radius 1 is 1.37 bits per heavy atom. The van der Waals surface area contributed by atoms with E-state index in [1.54, 1.807) is 0 Å². The highest BCUT2D eigenvalue weighted by Gasteiger charge is 2.21. The average Bonchev–Trinajstić information content (AvgIpc) is 2.34. The monoisotopic (exact) mass is 273 g/mol. The summed E-state index contributed by atoms with van der Waals surface area (Å²) in [6, 6.07) is 0. The van der Waals surface area contributed by atoms with Gasteiger partial charge in [0.2, 0.25) is 0 Å². The molecule has 1 rings (SSSR count). The predicted molar refractivity (Wildman–Crippen MR) is 77.2 cm³/mol. The third-order valence-electron chi connectivity index (χ3n) is 3.97. The topological polar surface area (TPSA) is 61.7 Å². The first-order valence-electron chi connectivity index (χ1n) is 7.58. The summed E-state index contributed by atoms with van der Waals surface area (Å²) >= 11 is 0. The molecule has 0 radical (unpaired) electrons. The van der Waals surface area contributed by atoms with Crippen LogP contribution in [-0.4, -0.2) is 47.7 Å². The van der Waals surface area contributed by atoms with Gasteiger partial charge in [-0.05, 0) is 39.0 Å². The number of hydrogen-bond acceptors (Lipinski definition) is 4. The highest BCUT2D eigenvalue weighted by Crippen LogP contribution is 2.25. The van der Waals surface area contributed by atoms with Gasteiger partial charge in [0, 0.05) is 18.7 Å². The van der Waals surface area contributed by atoms with Gasteiger partial charge in [0.05, 0.1) is 18.8 Å². The van der Waals surface area contributed by atoms with Gasteiger partial charge in [0.1, 0.15) is 0 Å². The molecule has 3 N–H and O–H groups in total. The van der Waals surface area contributed by atoms with Crippen LogP contribution >= 0.6 is 0 Å². The van der Waals surface area contributed by atoms with Crippen LogP contribution in [0.4, 0.5) is 0 Å². The van der Waals surface area contributed by atoms with E-state index in [-0.39, 0.29) is 12.1 Å². The third kappa shape index (κ3) is 7.25. The first-order valence-corrected chi connectivity index (χ1v) is 7.58. The van der Waals surface area contributed by atoms with E-state index in [1.807, 2.05) is 13.8 Å². The zero-order valence-electron chi connectivity index (χ0n) is 12.7. The van der Waals surface area contributed by atoms with E-state index >= 15 is 0 Å². The van der Waals surface area contributed by atoms with E-state index in [4.69, 9.17) is 9.84 Å². The Morgan fingerprint density at radius 2 is 2.11 bits per heavy atom. The lowest BCUT2D eigenvalue weighted by Crippen LogP contribution is -2.45. The van der Waals surface area contributed by atoms with Gasteiger partial charge in [-0.15, -0.1) is 0 Å². The van der Waals surface area contributed by atoms with Crippen molar-refractivity contribution in [1.29, 1.82) is 0 Å². The molecule has 19 heavy (non-hydrogen) atoms. The molecule has 0 aromatic heterocycles. The van der Waals surface area contributed by atoms with Crippen LogP contribution in [0, 0.1) is 5.92 Å². The lowest BCUT2D eigenvalue weighted by Gasteiger charge is -2.29. The number of hydrogen-bond donors (Lipinski definition) is 3. The van der Waals surface area contributed by atoms with E-state index in [2.05, 4.69) is 12.2 Å². The summed E-state index contributed by atoms with van der Waals surface area (Å²) < 4.78 is 5.80. The van der Waals surface area contributed by atoms with Gasteiger partial charge in [0.15, 0.2) is 0 Å². The molecule has 1 saturated carbocycles. The van der Waals surface area contributed by atoms with Crippen molar-refractivity contribution in [3.05, 3.63) is 0 Å². The fourth-order valence-electron chi connectivity index (χ4n) is 2.60. The molecule has 0 spiro atoms. The van der Waals surface area contributed by atoms with Crippen molar-refractivity contribution in [1.82, 2.24) is 5.32 Å². The third-order valence-corrected chi connectivity index (χ3v) is 3.97. The maximum absolute atomic E-state index is 9.93. The van der Waals surface area contributed by atoms with Crippen molar-refractivity contribution in [3.63, 3.8) is 0 Å². The normalized spacial score (nSPS) is 26.4. The second-order valence-electron chi connectivity index (χ2n) is 6.62. The van der Waals surface area contributed by atoms with E-state index in [0.717, 1.165) is 18.8 Å². The smallest absolute Gasteiger partial charge is 0.0898 e. The molecule has 0 aliphatic heterocycles. The predicted octanol–water partition coefficient (Wildman–Crippen LogP) is 1.69. The Kier molecular flexibility index (Phi) is 7.29. The summed E-state index contributed by atoms with van der Waals surface area (Å²) in [6.07, 6.45) is 5.32. The minimum Gasteiger partial charge on any atom is -0.396 e. The van der Waals surface area contributed by atoms with Crippen molar-refractivity contribution in [2.24, 2.45) is 5.92 Å². The first kappa shape index (κ1) is 16.9. The number of aliphatic hydroxyl groups excluding tert-OH is 2. The number of β-amino-alcohol motifs (C(OH)–C–C–N with tert-alkyl or cyclic N) is 1. The number of rotatable bonds is 8. The van der Waals surface area contributed by atoms with E-state index in [1.165, 1.54) is 12.8 Å². The van der Waals surface area contributed by atoms with Crippen LogP contribution < -0.4 is 5.32 Å². The Hall–Kier alpha value is -0.160. The molecule has 3 unspecified atom stereocenters. The Morgan fingerprint density at radius 3 is 2.74 bits per heavy atom. The summed E-state index contributed by atoms with van der Waals surface area (Å²) in [4.78, 5) is 0. The van der Waals surface area contributed by atoms with Crippen LogP contribution in [0.15, 0.2) is 0 Å². The molecule has 114 valence electrons. The van der Waals surface area contributed by atoms with Gasteiger partial charge in [-0.25, -0.2) is 0 Å². The SMILES string of the molecule is CC1CCCC(OCC(O)CNC(C)(C)CCO)C1. The van der Waals surface area contributed by atoms with Crippen molar-refractivity contribution < 1.29 is 14.9 Å². The summed E-state index contributed by atoms with van der Waals surface area (Å²) in [5.74, 6) is 0.748. The van der Waals surface area contributed by atoms with E-state index in [9.17, 15) is 5.11 Å². The molecule has 0 saturated heterocycles. The van der Waals surface area contributed by atoms with Crippen LogP contribution in [0.2, 0.25) is 0 Å². The minimum absolute atomic E-state index is 0.144. The van der Waals surface area contributed by atoms with Crippen LogP contribution in [-0.2, 0) is 4.74 Å². The zero-order valence-corrected chi connectivity index (χ0v) is 12.7. The van der Waals surface area contributed by atoms with Gasteiger partial charge < -0.3 is 20.3 Å².